The molecule has 12 nitrogen and oxygen atoms in total. The fourth-order valence-electron chi connectivity index (χ4n) is 14.1. The molecule has 1 N–H and O–H groups in total. The standard InChI is InChI=1S/C50H75NO11/c1-9-11-12-13-14-15-16-17-18-19-20-21-22-23-24-40(53)62-48-30-37(57-5)33-28-34(41(48)43(33)61-47(54)32-25-26-35(55-3)36(27-32)56-4)50-39(58-6)29-38(52)49(60-8)31-51(10-2)46(50)42(48)44(59-7)45(49)50/h13-14,16-17,25-27,33-34,37-39,41-46,52H,9-12,15,18-24,28-31H2,1-8H3/b14-13+,17-16+/t33-,34-,37+,38-,39+,41-,42-,43+,44+,45-,46?,48-,49+,50?/m1/s1. The molecule has 62 heavy (non-hydrogen) atoms. The number of carbonyl (C=O) groups is 2. The Labute approximate surface area is 370 Å². The van der Waals surface area contributed by atoms with Crippen molar-refractivity contribution in [1.82, 2.24) is 4.90 Å². The van der Waals surface area contributed by atoms with Gasteiger partial charge in [-0.15, -0.1) is 0 Å². The highest BCUT2D eigenvalue weighted by Crippen LogP contribution is 2.79. The van der Waals surface area contributed by atoms with Gasteiger partial charge in [0.05, 0.1) is 44.2 Å². The SMILES string of the molecule is CCCC/C=C/C/C=C/CCCCCCCC(=O)O[C@]12C[C@H](OC)[C@H]3C[C@H]([C@@H]1[C@H]3OC(=O)c1ccc(OC)c(OC)c1)C13C4[C@H]2[C@H](OC)[C@@H]1[C@](OC)(CN4CC)[C@H](O)C[C@@H]3OC. The topological polar surface area (TPSA) is 131 Å². The predicted octanol–water partition coefficient (Wildman–Crippen LogP) is 7.74. The first-order valence-corrected chi connectivity index (χ1v) is 23.6. The van der Waals surface area contributed by atoms with Crippen molar-refractivity contribution in [3.63, 3.8) is 0 Å². The maximum absolute atomic E-state index is 14.6. The van der Waals surface area contributed by atoms with Crippen molar-refractivity contribution in [3.05, 3.63) is 48.1 Å². The van der Waals surface area contributed by atoms with Gasteiger partial charge >= 0.3 is 11.9 Å². The van der Waals surface area contributed by atoms with E-state index in [0.717, 1.165) is 51.4 Å². The Morgan fingerprint density at radius 2 is 1.53 bits per heavy atom. The zero-order valence-electron chi connectivity index (χ0n) is 38.7. The molecule has 7 bridgehead atoms. The molecular formula is C50H75NO11. The summed E-state index contributed by atoms with van der Waals surface area (Å²) in [7, 11) is 10.00. The van der Waals surface area contributed by atoms with Crippen LogP contribution in [0.3, 0.4) is 0 Å². The second kappa shape index (κ2) is 20.0. The Balaban J connectivity index is 1.19. The van der Waals surface area contributed by atoms with Crippen LogP contribution in [0.1, 0.15) is 114 Å². The van der Waals surface area contributed by atoms with Crippen LogP contribution >= 0.6 is 0 Å². The Hall–Kier alpha value is -3.00. The molecule has 1 spiro atoms. The molecule has 0 radical (unpaired) electrons. The second-order valence-electron chi connectivity index (χ2n) is 18.9. The van der Waals surface area contributed by atoms with Gasteiger partial charge < -0.3 is 43.0 Å². The van der Waals surface area contributed by atoms with Gasteiger partial charge in [-0.2, -0.15) is 0 Å². The first kappa shape index (κ1) is 47.0. The summed E-state index contributed by atoms with van der Waals surface area (Å²) in [5.74, 6) is -1.11. The highest BCUT2D eigenvalue weighted by atomic mass is 16.6. The molecular weight excluding hydrogens is 791 g/mol. The first-order valence-electron chi connectivity index (χ1n) is 23.6. The molecule has 2 unspecified atom stereocenters. The molecule has 5 saturated carbocycles. The maximum atomic E-state index is 14.6. The van der Waals surface area contributed by atoms with Crippen molar-refractivity contribution in [2.45, 2.75) is 152 Å². The number of methoxy groups -OCH3 is 6. The number of fused-ring (bicyclic) bond motifs is 2. The van der Waals surface area contributed by atoms with E-state index in [0.29, 0.717) is 55.8 Å². The van der Waals surface area contributed by atoms with Gasteiger partial charge in [-0.1, -0.05) is 70.3 Å². The van der Waals surface area contributed by atoms with Gasteiger partial charge in [-0.3, -0.25) is 9.69 Å². The van der Waals surface area contributed by atoms with E-state index in [4.69, 9.17) is 37.9 Å². The van der Waals surface area contributed by atoms with Crippen molar-refractivity contribution in [2.75, 3.05) is 55.7 Å². The van der Waals surface area contributed by atoms with Gasteiger partial charge in [0.2, 0.25) is 0 Å². The van der Waals surface area contributed by atoms with E-state index in [1.165, 1.54) is 20.0 Å². The lowest BCUT2D eigenvalue weighted by molar-refractivity contribution is -0.312. The molecule has 1 aromatic carbocycles. The lowest BCUT2D eigenvalue weighted by Gasteiger charge is -2.69. The minimum Gasteiger partial charge on any atom is -0.493 e. The number of rotatable bonds is 23. The summed E-state index contributed by atoms with van der Waals surface area (Å²) in [6, 6.07) is 4.92. The number of likely N-dealkylation sites (N-methyl/N-ethyl adjacent to an activating group) is 1. The maximum Gasteiger partial charge on any atom is 0.338 e. The Morgan fingerprint density at radius 1 is 0.806 bits per heavy atom. The summed E-state index contributed by atoms with van der Waals surface area (Å²) in [4.78, 5) is 31.4. The van der Waals surface area contributed by atoms with Crippen molar-refractivity contribution >= 4 is 11.9 Å². The lowest BCUT2D eigenvalue weighted by atomic mass is 9.44. The number of esters is 2. The number of nitrogens with zero attached hydrogens (tertiary/aromatic N) is 1. The summed E-state index contributed by atoms with van der Waals surface area (Å²) in [5, 5.41) is 12.1. The zero-order valence-corrected chi connectivity index (χ0v) is 38.7. The van der Waals surface area contributed by atoms with Gasteiger partial charge in [0.15, 0.2) is 11.5 Å². The average molecular weight is 866 g/mol. The van der Waals surface area contributed by atoms with Crippen LogP contribution in [0.15, 0.2) is 42.5 Å². The highest BCUT2D eigenvalue weighted by molar-refractivity contribution is 5.90. The largest absolute Gasteiger partial charge is 0.493 e. The number of piperidine rings is 1. The van der Waals surface area contributed by atoms with E-state index >= 15 is 0 Å². The number of hydrogen-bond donors (Lipinski definition) is 1. The van der Waals surface area contributed by atoms with E-state index < -0.39 is 40.9 Å². The van der Waals surface area contributed by atoms with Crippen LogP contribution in [0.5, 0.6) is 11.5 Å². The predicted molar refractivity (Wildman–Crippen MR) is 235 cm³/mol. The van der Waals surface area contributed by atoms with Crippen molar-refractivity contribution in [2.24, 2.45) is 35.0 Å². The molecule has 346 valence electrons. The molecule has 12 heteroatoms. The highest BCUT2D eigenvalue weighted by Gasteiger charge is 2.89. The molecule has 1 aromatic rings. The number of likely N-dealkylation sites (tertiary alicyclic amines) is 1. The Kier molecular flexibility index (Phi) is 15.2. The summed E-state index contributed by atoms with van der Waals surface area (Å²) in [6.45, 7) is 5.59. The van der Waals surface area contributed by atoms with E-state index in [9.17, 15) is 14.7 Å². The number of carbonyl (C=O) groups excluding carboxylic acids is 2. The van der Waals surface area contributed by atoms with Crippen LogP contribution in [-0.2, 0) is 33.2 Å². The monoisotopic (exact) mass is 866 g/mol. The smallest absolute Gasteiger partial charge is 0.338 e. The molecule has 14 atom stereocenters. The molecule has 5 aliphatic carbocycles. The molecule has 1 heterocycles. The average Bonchev–Trinajstić information content (AvgIpc) is 3.71. The molecule has 0 aromatic heterocycles. The fourth-order valence-corrected chi connectivity index (χ4v) is 14.1. The van der Waals surface area contributed by atoms with Crippen LogP contribution < -0.4 is 9.47 Å². The van der Waals surface area contributed by atoms with Gasteiger partial charge in [0.1, 0.15) is 17.3 Å². The minimum atomic E-state index is -1.11. The molecule has 6 aliphatic rings. The van der Waals surface area contributed by atoms with Crippen molar-refractivity contribution in [1.29, 1.82) is 0 Å². The van der Waals surface area contributed by atoms with E-state index in [1.54, 1.807) is 53.7 Å². The summed E-state index contributed by atoms with van der Waals surface area (Å²) < 4.78 is 51.1. The van der Waals surface area contributed by atoms with Crippen LogP contribution in [0.4, 0.5) is 0 Å². The number of benzene rings is 1. The number of hydrogen-bond acceptors (Lipinski definition) is 12. The number of allylic oxidation sites excluding steroid dienone is 4. The summed E-state index contributed by atoms with van der Waals surface area (Å²) >= 11 is 0. The van der Waals surface area contributed by atoms with Gasteiger partial charge in [0.25, 0.3) is 0 Å². The Morgan fingerprint density at radius 3 is 2.19 bits per heavy atom. The second-order valence-corrected chi connectivity index (χ2v) is 18.9. The van der Waals surface area contributed by atoms with Crippen LogP contribution in [-0.4, -0.2) is 125 Å². The van der Waals surface area contributed by atoms with Crippen LogP contribution in [0.25, 0.3) is 0 Å². The third-order valence-corrected chi connectivity index (χ3v) is 16.4. The summed E-state index contributed by atoms with van der Waals surface area (Å²) in [5.41, 5.74) is -2.30. The zero-order chi connectivity index (χ0) is 44.2. The van der Waals surface area contributed by atoms with Crippen LogP contribution in [0, 0.1) is 35.0 Å². The number of ether oxygens (including phenoxy) is 8. The third-order valence-electron chi connectivity index (χ3n) is 16.4. The van der Waals surface area contributed by atoms with Gasteiger partial charge in [-0.25, -0.2) is 4.79 Å². The molecule has 6 fully saturated rings. The molecule has 7 rings (SSSR count). The van der Waals surface area contributed by atoms with Crippen molar-refractivity contribution < 1.29 is 52.6 Å². The van der Waals surface area contributed by atoms with Gasteiger partial charge in [0, 0.05) is 89.4 Å². The third kappa shape index (κ3) is 7.74. The fraction of sp³-hybridized carbons (Fsp3) is 0.760. The minimum absolute atomic E-state index is 0.111. The first-order chi connectivity index (χ1) is 30.1. The number of unbranched alkanes of at least 4 members (excludes halogenated alkanes) is 7. The molecule has 0 amide bonds. The normalized spacial score (nSPS) is 37.9. The summed E-state index contributed by atoms with van der Waals surface area (Å²) in [6.07, 6.45) is 19.0. The molecule has 1 saturated heterocycles. The number of aliphatic hydroxyl groups excluding tert-OH is 1. The van der Waals surface area contributed by atoms with E-state index in [-0.39, 0.29) is 53.8 Å². The van der Waals surface area contributed by atoms with Crippen LogP contribution in [0.2, 0.25) is 0 Å². The van der Waals surface area contributed by atoms with Crippen molar-refractivity contribution in [3.8, 4) is 11.5 Å². The van der Waals surface area contributed by atoms with Gasteiger partial charge in [-0.05, 0) is 69.2 Å². The number of aliphatic hydroxyl groups is 1. The Bertz CT molecular complexity index is 1750. The quantitative estimate of drug-likeness (QED) is 0.0656. The lowest BCUT2D eigenvalue weighted by Crippen LogP contribution is -2.80. The van der Waals surface area contributed by atoms with E-state index in [2.05, 4.69) is 43.1 Å². The van der Waals surface area contributed by atoms with E-state index in [1.807, 2.05) is 0 Å². The molecule has 1 aliphatic heterocycles.